The number of rotatable bonds is 3. The van der Waals surface area contributed by atoms with Crippen LogP contribution < -0.4 is 5.32 Å². The molecule has 0 spiro atoms. The standard InChI is InChI=1S/C24H15ClN2O3/c25-15-8-11-22-20(12-15)27-24(30-22)19-13-16(9-10-21(19)28)26-23(29)18-7-3-5-14-4-1-2-6-17(14)18/h1-13,28H,(H,26,29). The molecule has 0 unspecified atom stereocenters. The van der Waals surface area contributed by atoms with E-state index in [4.69, 9.17) is 16.0 Å². The maximum atomic E-state index is 12.9. The van der Waals surface area contributed by atoms with Gasteiger partial charge in [0.05, 0.1) is 5.56 Å². The molecule has 0 atom stereocenters. The number of hydrogen-bond donors (Lipinski definition) is 2. The number of aromatic hydroxyl groups is 1. The molecule has 0 aliphatic carbocycles. The van der Waals surface area contributed by atoms with Crippen molar-refractivity contribution in [3.63, 3.8) is 0 Å². The van der Waals surface area contributed by atoms with E-state index in [0.717, 1.165) is 10.8 Å². The molecule has 5 aromatic rings. The van der Waals surface area contributed by atoms with Crippen molar-refractivity contribution in [2.24, 2.45) is 0 Å². The zero-order valence-corrected chi connectivity index (χ0v) is 16.4. The van der Waals surface area contributed by atoms with Crippen molar-refractivity contribution in [2.45, 2.75) is 0 Å². The normalized spacial score (nSPS) is 11.1. The molecular formula is C24H15ClN2O3. The van der Waals surface area contributed by atoms with Crippen molar-refractivity contribution < 1.29 is 14.3 Å². The molecule has 0 saturated carbocycles. The summed E-state index contributed by atoms with van der Waals surface area (Å²) in [6, 6.07) is 23.2. The number of fused-ring (bicyclic) bond motifs is 2. The molecule has 1 aromatic heterocycles. The van der Waals surface area contributed by atoms with Gasteiger partial charge in [-0.1, -0.05) is 48.0 Å². The van der Waals surface area contributed by atoms with Crippen LogP contribution in [-0.4, -0.2) is 16.0 Å². The lowest BCUT2D eigenvalue weighted by molar-refractivity contribution is 0.102. The molecule has 2 N–H and O–H groups in total. The number of halogens is 1. The maximum absolute atomic E-state index is 12.9. The third-order valence-electron chi connectivity index (χ3n) is 4.87. The quantitative estimate of drug-likeness (QED) is 0.342. The van der Waals surface area contributed by atoms with Gasteiger partial charge in [0.2, 0.25) is 5.89 Å². The first kappa shape index (κ1) is 18.2. The number of carbonyl (C=O) groups excluding carboxylic acids is 1. The highest BCUT2D eigenvalue weighted by Gasteiger charge is 2.15. The summed E-state index contributed by atoms with van der Waals surface area (Å²) >= 11 is 6.01. The van der Waals surface area contributed by atoms with Crippen LogP contribution in [0.1, 0.15) is 10.4 Å². The molecule has 0 bridgehead atoms. The highest BCUT2D eigenvalue weighted by Crippen LogP contribution is 2.34. The van der Waals surface area contributed by atoms with Crippen molar-refractivity contribution in [1.82, 2.24) is 4.98 Å². The molecule has 0 aliphatic heterocycles. The van der Waals surface area contributed by atoms with Crippen LogP contribution in [0.3, 0.4) is 0 Å². The summed E-state index contributed by atoms with van der Waals surface area (Å²) in [5.41, 5.74) is 2.60. The molecule has 5 nitrogen and oxygen atoms in total. The van der Waals surface area contributed by atoms with E-state index in [0.29, 0.717) is 32.9 Å². The molecule has 30 heavy (non-hydrogen) atoms. The number of anilines is 1. The fourth-order valence-electron chi connectivity index (χ4n) is 3.42. The van der Waals surface area contributed by atoms with Gasteiger partial charge in [-0.2, -0.15) is 0 Å². The van der Waals surface area contributed by atoms with Crippen LogP contribution in [0.5, 0.6) is 5.75 Å². The lowest BCUT2D eigenvalue weighted by Crippen LogP contribution is -2.12. The Morgan fingerprint density at radius 2 is 1.80 bits per heavy atom. The van der Waals surface area contributed by atoms with Crippen LogP contribution in [0, 0.1) is 0 Å². The summed E-state index contributed by atoms with van der Waals surface area (Å²) in [4.78, 5) is 17.3. The molecule has 1 amide bonds. The van der Waals surface area contributed by atoms with E-state index in [-0.39, 0.29) is 17.5 Å². The summed E-state index contributed by atoms with van der Waals surface area (Å²) in [6.07, 6.45) is 0. The van der Waals surface area contributed by atoms with Gasteiger partial charge < -0.3 is 14.8 Å². The SMILES string of the molecule is O=C(Nc1ccc(O)c(-c2nc3cc(Cl)ccc3o2)c1)c1cccc2ccccc12. The zero-order valence-electron chi connectivity index (χ0n) is 15.6. The Hall–Kier alpha value is -3.83. The van der Waals surface area contributed by atoms with Gasteiger partial charge in [-0.15, -0.1) is 0 Å². The first-order valence-corrected chi connectivity index (χ1v) is 9.65. The predicted octanol–water partition coefficient (Wildman–Crippen LogP) is 6.26. The third-order valence-corrected chi connectivity index (χ3v) is 5.10. The second kappa shape index (κ2) is 7.21. The van der Waals surface area contributed by atoms with E-state index in [1.165, 1.54) is 6.07 Å². The second-order valence-electron chi connectivity index (χ2n) is 6.84. The first-order valence-electron chi connectivity index (χ1n) is 9.27. The fraction of sp³-hybridized carbons (Fsp3) is 0. The molecule has 146 valence electrons. The van der Waals surface area contributed by atoms with Crippen molar-refractivity contribution >= 4 is 45.1 Å². The van der Waals surface area contributed by atoms with Crippen LogP contribution >= 0.6 is 11.6 Å². The highest BCUT2D eigenvalue weighted by molar-refractivity contribution is 6.31. The number of aromatic nitrogens is 1. The van der Waals surface area contributed by atoms with Crippen LogP contribution in [0.4, 0.5) is 5.69 Å². The molecular weight excluding hydrogens is 400 g/mol. The predicted molar refractivity (Wildman–Crippen MR) is 118 cm³/mol. The van der Waals surface area contributed by atoms with E-state index in [1.54, 1.807) is 36.4 Å². The summed E-state index contributed by atoms with van der Waals surface area (Å²) < 4.78 is 5.75. The molecule has 6 heteroatoms. The van der Waals surface area contributed by atoms with Crippen molar-refractivity contribution in [1.29, 1.82) is 0 Å². The monoisotopic (exact) mass is 414 g/mol. The number of nitrogens with one attached hydrogen (secondary N) is 1. The number of carbonyl (C=O) groups is 1. The van der Waals surface area contributed by atoms with Gasteiger partial charge in [0.25, 0.3) is 5.91 Å². The minimum absolute atomic E-state index is 0.00388. The summed E-state index contributed by atoms with van der Waals surface area (Å²) in [7, 11) is 0. The third kappa shape index (κ3) is 3.25. The summed E-state index contributed by atoms with van der Waals surface area (Å²) in [6.45, 7) is 0. The molecule has 0 fully saturated rings. The zero-order chi connectivity index (χ0) is 20.7. The van der Waals surface area contributed by atoms with Gasteiger partial charge in [-0.25, -0.2) is 4.98 Å². The Labute approximate surface area is 176 Å². The molecule has 4 aromatic carbocycles. The van der Waals surface area contributed by atoms with Crippen LogP contribution in [-0.2, 0) is 0 Å². The van der Waals surface area contributed by atoms with Gasteiger partial charge >= 0.3 is 0 Å². The van der Waals surface area contributed by atoms with E-state index in [2.05, 4.69) is 10.3 Å². The minimum Gasteiger partial charge on any atom is -0.507 e. The minimum atomic E-state index is -0.243. The van der Waals surface area contributed by atoms with Crippen molar-refractivity contribution in [2.75, 3.05) is 5.32 Å². The first-order chi connectivity index (χ1) is 14.6. The highest BCUT2D eigenvalue weighted by atomic mass is 35.5. The number of nitrogens with zero attached hydrogens (tertiary/aromatic N) is 1. The average molecular weight is 415 g/mol. The van der Waals surface area contributed by atoms with E-state index >= 15 is 0 Å². The second-order valence-corrected chi connectivity index (χ2v) is 7.28. The molecule has 1 heterocycles. The average Bonchev–Trinajstić information content (AvgIpc) is 3.17. The van der Waals surface area contributed by atoms with E-state index in [1.807, 2.05) is 36.4 Å². The number of benzene rings is 4. The van der Waals surface area contributed by atoms with Gasteiger partial charge in [0, 0.05) is 16.3 Å². The number of phenols is 1. The number of amides is 1. The van der Waals surface area contributed by atoms with Crippen LogP contribution in [0.25, 0.3) is 33.3 Å². The van der Waals surface area contributed by atoms with E-state index < -0.39 is 0 Å². The Bertz CT molecular complexity index is 1420. The van der Waals surface area contributed by atoms with Crippen LogP contribution in [0.15, 0.2) is 83.3 Å². The summed E-state index contributed by atoms with van der Waals surface area (Å²) in [5, 5.41) is 15.6. The van der Waals surface area contributed by atoms with E-state index in [9.17, 15) is 9.90 Å². The number of oxazole rings is 1. The maximum Gasteiger partial charge on any atom is 0.256 e. The molecule has 5 rings (SSSR count). The summed E-state index contributed by atoms with van der Waals surface area (Å²) in [5.74, 6) is -0.00498. The molecule has 0 radical (unpaired) electrons. The van der Waals surface area contributed by atoms with Gasteiger partial charge in [0.15, 0.2) is 5.58 Å². The number of phenolic OH excluding ortho intramolecular Hbond substituents is 1. The van der Waals surface area contributed by atoms with Crippen molar-refractivity contribution in [3.05, 3.63) is 89.4 Å². The van der Waals surface area contributed by atoms with Gasteiger partial charge in [0.1, 0.15) is 11.3 Å². The Kier molecular flexibility index (Phi) is 4.38. The van der Waals surface area contributed by atoms with Crippen molar-refractivity contribution in [3.8, 4) is 17.2 Å². The fourth-order valence-corrected chi connectivity index (χ4v) is 3.59. The van der Waals surface area contributed by atoms with Gasteiger partial charge in [-0.05, 0) is 53.2 Å². The smallest absolute Gasteiger partial charge is 0.256 e. The topological polar surface area (TPSA) is 75.4 Å². The number of hydrogen-bond acceptors (Lipinski definition) is 4. The molecule has 0 saturated heterocycles. The largest absolute Gasteiger partial charge is 0.507 e. The lowest BCUT2D eigenvalue weighted by atomic mass is 10.0. The van der Waals surface area contributed by atoms with Gasteiger partial charge in [-0.3, -0.25) is 4.79 Å². The molecule has 0 aliphatic rings. The lowest BCUT2D eigenvalue weighted by Gasteiger charge is -2.09. The Morgan fingerprint density at radius 1 is 0.967 bits per heavy atom. The Balaban J connectivity index is 1.50. The Morgan fingerprint density at radius 3 is 2.70 bits per heavy atom. The van der Waals surface area contributed by atoms with Crippen LogP contribution in [0.2, 0.25) is 5.02 Å².